The Morgan fingerprint density at radius 1 is 1.06 bits per heavy atom. The van der Waals surface area contributed by atoms with Gasteiger partial charge in [0.1, 0.15) is 0 Å². The number of anilines is 2. The molecule has 0 heterocycles. The van der Waals surface area contributed by atoms with Crippen molar-refractivity contribution in [2.24, 2.45) is 0 Å². The zero-order valence-electron chi connectivity index (χ0n) is 11.0. The summed E-state index contributed by atoms with van der Waals surface area (Å²) in [6, 6.07) is 16.5. The Balaban J connectivity index is 2.07. The maximum absolute atomic E-state index is 5.92. The molecule has 2 rings (SSSR count). The van der Waals surface area contributed by atoms with Crippen LogP contribution in [-0.2, 0) is 6.54 Å². The average molecular weight is 240 g/mol. The molecule has 0 aliphatic carbocycles. The van der Waals surface area contributed by atoms with Crippen molar-refractivity contribution in [3.63, 3.8) is 0 Å². The van der Waals surface area contributed by atoms with Crippen molar-refractivity contribution >= 4 is 11.4 Å². The number of nitrogens with one attached hydrogen (secondary N) is 1. The molecule has 94 valence electrons. The van der Waals surface area contributed by atoms with Gasteiger partial charge in [-0.1, -0.05) is 44.2 Å². The van der Waals surface area contributed by atoms with Crippen molar-refractivity contribution in [2.75, 3.05) is 11.1 Å². The number of hydrogen-bond acceptors (Lipinski definition) is 2. The standard InChI is InChI=1S/C16H20N2/c1-12(2)13-7-5-8-15(10-13)18-11-14-6-3-4-9-16(14)17/h3-10,12,18H,11,17H2,1-2H3. The highest BCUT2D eigenvalue weighted by Crippen LogP contribution is 2.19. The van der Waals surface area contributed by atoms with E-state index in [0.29, 0.717) is 5.92 Å². The van der Waals surface area contributed by atoms with Crippen LogP contribution in [-0.4, -0.2) is 0 Å². The summed E-state index contributed by atoms with van der Waals surface area (Å²) >= 11 is 0. The van der Waals surface area contributed by atoms with Crippen LogP contribution in [0.2, 0.25) is 0 Å². The van der Waals surface area contributed by atoms with Crippen LogP contribution >= 0.6 is 0 Å². The van der Waals surface area contributed by atoms with E-state index >= 15 is 0 Å². The van der Waals surface area contributed by atoms with Crippen molar-refractivity contribution in [1.82, 2.24) is 0 Å². The molecule has 0 bridgehead atoms. The van der Waals surface area contributed by atoms with Crippen molar-refractivity contribution < 1.29 is 0 Å². The monoisotopic (exact) mass is 240 g/mol. The number of para-hydroxylation sites is 1. The summed E-state index contributed by atoms with van der Waals surface area (Å²) in [6.07, 6.45) is 0. The second-order valence-corrected chi connectivity index (χ2v) is 4.83. The highest BCUT2D eigenvalue weighted by molar-refractivity contribution is 5.51. The molecule has 2 aromatic carbocycles. The molecule has 2 aromatic rings. The van der Waals surface area contributed by atoms with Gasteiger partial charge in [0.2, 0.25) is 0 Å². The van der Waals surface area contributed by atoms with Crippen LogP contribution in [0, 0.1) is 0 Å². The zero-order chi connectivity index (χ0) is 13.0. The van der Waals surface area contributed by atoms with Crippen LogP contribution < -0.4 is 11.1 Å². The molecule has 2 heteroatoms. The predicted molar refractivity (Wildman–Crippen MR) is 78.7 cm³/mol. The molecule has 0 saturated carbocycles. The summed E-state index contributed by atoms with van der Waals surface area (Å²) in [7, 11) is 0. The molecule has 0 saturated heterocycles. The van der Waals surface area contributed by atoms with E-state index in [-0.39, 0.29) is 0 Å². The highest BCUT2D eigenvalue weighted by Gasteiger charge is 2.01. The fourth-order valence-corrected chi connectivity index (χ4v) is 1.90. The quantitative estimate of drug-likeness (QED) is 0.793. The Labute approximate surface area is 109 Å². The van der Waals surface area contributed by atoms with Crippen molar-refractivity contribution in [1.29, 1.82) is 0 Å². The van der Waals surface area contributed by atoms with Crippen LogP contribution in [0.1, 0.15) is 30.9 Å². The van der Waals surface area contributed by atoms with Gasteiger partial charge in [-0.15, -0.1) is 0 Å². The highest BCUT2D eigenvalue weighted by atomic mass is 14.9. The lowest BCUT2D eigenvalue weighted by molar-refractivity contribution is 0.866. The Hall–Kier alpha value is -1.96. The summed E-state index contributed by atoms with van der Waals surface area (Å²) in [5, 5.41) is 3.42. The summed E-state index contributed by atoms with van der Waals surface area (Å²) in [5.41, 5.74) is 10.4. The van der Waals surface area contributed by atoms with Crippen LogP contribution in [0.25, 0.3) is 0 Å². The first-order chi connectivity index (χ1) is 8.66. The van der Waals surface area contributed by atoms with Gasteiger partial charge in [0.15, 0.2) is 0 Å². The summed E-state index contributed by atoms with van der Waals surface area (Å²) in [5.74, 6) is 0.550. The fraction of sp³-hybridized carbons (Fsp3) is 0.250. The molecule has 0 amide bonds. The van der Waals surface area contributed by atoms with Gasteiger partial charge in [-0.25, -0.2) is 0 Å². The largest absolute Gasteiger partial charge is 0.398 e. The number of nitrogen functional groups attached to an aromatic ring is 1. The minimum Gasteiger partial charge on any atom is -0.398 e. The molecule has 0 atom stereocenters. The molecule has 0 spiro atoms. The second-order valence-electron chi connectivity index (χ2n) is 4.83. The minimum absolute atomic E-state index is 0.550. The summed E-state index contributed by atoms with van der Waals surface area (Å²) in [6.45, 7) is 5.16. The van der Waals surface area contributed by atoms with Crippen LogP contribution in [0.5, 0.6) is 0 Å². The predicted octanol–water partition coefficient (Wildman–Crippen LogP) is 4.00. The van der Waals surface area contributed by atoms with Crippen molar-refractivity contribution in [3.8, 4) is 0 Å². The Morgan fingerprint density at radius 3 is 2.56 bits per heavy atom. The van der Waals surface area contributed by atoms with Crippen LogP contribution in [0.15, 0.2) is 48.5 Å². The van der Waals surface area contributed by atoms with E-state index in [2.05, 4.69) is 49.5 Å². The Morgan fingerprint density at radius 2 is 1.83 bits per heavy atom. The lowest BCUT2D eigenvalue weighted by atomic mass is 10.0. The number of nitrogens with two attached hydrogens (primary N) is 1. The molecule has 0 unspecified atom stereocenters. The van der Waals surface area contributed by atoms with Gasteiger partial charge in [0, 0.05) is 17.9 Å². The van der Waals surface area contributed by atoms with E-state index in [9.17, 15) is 0 Å². The SMILES string of the molecule is CC(C)c1cccc(NCc2ccccc2N)c1. The molecular weight excluding hydrogens is 220 g/mol. The number of benzene rings is 2. The maximum Gasteiger partial charge on any atom is 0.0421 e. The number of rotatable bonds is 4. The summed E-state index contributed by atoms with van der Waals surface area (Å²) in [4.78, 5) is 0. The van der Waals surface area contributed by atoms with E-state index in [1.165, 1.54) is 5.56 Å². The average Bonchev–Trinajstić information content (AvgIpc) is 2.38. The molecule has 18 heavy (non-hydrogen) atoms. The molecule has 0 radical (unpaired) electrons. The maximum atomic E-state index is 5.92. The third kappa shape index (κ3) is 3.04. The van der Waals surface area contributed by atoms with Crippen molar-refractivity contribution in [2.45, 2.75) is 26.3 Å². The van der Waals surface area contributed by atoms with E-state index in [0.717, 1.165) is 23.5 Å². The minimum atomic E-state index is 0.550. The topological polar surface area (TPSA) is 38.0 Å². The lowest BCUT2D eigenvalue weighted by Gasteiger charge is -2.11. The van der Waals surface area contributed by atoms with Crippen LogP contribution in [0.3, 0.4) is 0 Å². The van der Waals surface area contributed by atoms with Crippen molar-refractivity contribution in [3.05, 3.63) is 59.7 Å². The van der Waals surface area contributed by atoms with Crippen LogP contribution in [0.4, 0.5) is 11.4 Å². The summed E-state index contributed by atoms with van der Waals surface area (Å²) < 4.78 is 0. The zero-order valence-corrected chi connectivity index (χ0v) is 11.0. The first-order valence-corrected chi connectivity index (χ1v) is 6.34. The van der Waals surface area contributed by atoms with E-state index in [1.54, 1.807) is 0 Å². The fourth-order valence-electron chi connectivity index (χ4n) is 1.90. The van der Waals surface area contributed by atoms with Gasteiger partial charge in [0.05, 0.1) is 0 Å². The smallest absolute Gasteiger partial charge is 0.0421 e. The first-order valence-electron chi connectivity index (χ1n) is 6.34. The normalized spacial score (nSPS) is 10.6. The second kappa shape index (κ2) is 5.58. The van der Waals surface area contributed by atoms with Gasteiger partial charge < -0.3 is 11.1 Å². The third-order valence-electron chi connectivity index (χ3n) is 3.09. The van der Waals surface area contributed by atoms with Gasteiger partial charge in [-0.3, -0.25) is 0 Å². The third-order valence-corrected chi connectivity index (χ3v) is 3.09. The molecule has 0 aliphatic heterocycles. The molecule has 0 aliphatic rings. The van der Waals surface area contributed by atoms with E-state index in [4.69, 9.17) is 5.73 Å². The Kier molecular flexibility index (Phi) is 3.88. The van der Waals surface area contributed by atoms with Gasteiger partial charge in [0.25, 0.3) is 0 Å². The molecule has 3 N–H and O–H groups in total. The lowest BCUT2D eigenvalue weighted by Crippen LogP contribution is -2.03. The number of hydrogen-bond donors (Lipinski definition) is 2. The molecular formula is C16H20N2. The van der Waals surface area contributed by atoms with E-state index in [1.807, 2.05) is 18.2 Å². The van der Waals surface area contributed by atoms with Gasteiger partial charge >= 0.3 is 0 Å². The Bertz CT molecular complexity index is 518. The van der Waals surface area contributed by atoms with E-state index < -0.39 is 0 Å². The van der Waals surface area contributed by atoms with Gasteiger partial charge in [-0.05, 0) is 35.2 Å². The molecule has 0 fully saturated rings. The molecule has 2 nitrogen and oxygen atoms in total. The first kappa shape index (κ1) is 12.5. The molecule has 0 aromatic heterocycles. The van der Waals surface area contributed by atoms with Gasteiger partial charge in [-0.2, -0.15) is 0 Å².